The first-order valence-electron chi connectivity index (χ1n) is 7.30. The number of nitrogen functional groups attached to an aromatic ring is 1. The van der Waals surface area contributed by atoms with Gasteiger partial charge in [-0.2, -0.15) is 0 Å². The number of nitrogens with two attached hydrogens (primary N) is 1. The van der Waals surface area contributed by atoms with Gasteiger partial charge in [0.1, 0.15) is 0 Å². The van der Waals surface area contributed by atoms with E-state index in [1.807, 2.05) is 12.1 Å². The lowest BCUT2D eigenvalue weighted by atomic mass is 10.1. The second-order valence-electron chi connectivity index (χ2n) is 5.19. The minimum Gasteiger partial charge on any atom is -0.490 e. The molecule has 0 unspecified atom stereocenters. The van der Waals surface area contributed by atoms with E-state index in [9.17, 15) is 4.79 Å². The fraction of sp³-hybridized carbons (Fsp3) is 0.167. The van der Waals surface area contributed by atoms with Gasteiger partial charge in [0.05, 0.1) is 13.2 Å². The average Bonchev–Trinajstić information content (AvgIpc) is 2.78. The molecule has 2 aromatic carbocycles. The third-order valence-electron chi connectivity index (χ3n) is 3.47. The van der Waals surface area contributed by atoms with E-state index < -0.39 is 0 Å². The van der Waals surface area contributed by atoms with Crippen molar-refractivity contribution in [3.05, 3.63) is 58.1 Å². The normalized spacial score (nSPS) is 13.8. The molecule has 0 aliphatic carbocycles. The maximum Gasteiger partial charge on any atom is 0.187 e. The minimum absolute atomic E-state index is 0.107. The number of hydrogen-bond acceptors (Lipinski definition) is 4. The summed E-state index contributed by atoms with van der Waals surface area (Å²) in [4.78, 5) is 12.4. The predicted molar refractivity (Wildman–Crippen MR) is 94.0 cm³/mol. The maximum absolute atomic E-state index is 12.4. The Morgan fingerprint density at radius 2 is 1.74 bits per heavy atom. The van der Waals surface area contributed by atoms with Crippen LogP contribution in [0.4, 0.5) is 5.69 Å². The molecule has 23 heavy (non-hydrogen) atoms. The second-order valence-corrected chi connectivity index (χ2v) is 6.05. The van der Waals surface area contributed by atoms with Crippen molar-refractivity contribution in [2.45, 2.75) is 6.42 Å². The zero-order valence-corrected chi connectivity index (χ0v) is 14.0. The van der Waals surface area contributed by atoms with Crippen molar-refractivity contribution >= 4 is 33.5 Å². The van der Waals surface area contributed by atoms with E-state index in [2.05, 4.69) is 15.9 Å². The number of hydrogen-bond donors (Lipinski definition) is 1. The van der Waals surface area contributed by atoms with E-state index in [-0.39, 0.29) is 5.78 Å². The highest BCUT2D eigenvalue weighted by Gasteiger charge is 2.16. The van der Waals surface area contributed by atoms with Crippen molar-refractivity contribution in [1.82, 2.24) is 0 Å². The van der Waals surface area contributed by atoms with Crippen LogP contribution < -0.4 is 15.2 Å². The Morgan fingerprint density at radius 3 is 2.43 bits per heavy atom. The summed E-state index contributed by atoms with van der Waals surface area (Å²) in [5.74, 6) is 1.16. The van der Waals surface area contributed by atoms with E-state index in [1.54, 1.807) is 30.3 Å². The highest BCUT2D eigenvalue weighted by atomic mass is 79.9. The Hall–Kier alpha value is -2.27. The summed E-state index contributed by atoms with van der Waals surface area (Å²) < 4.78 is 11.9. The van der Waals surface area contributed by atoms with Crippen LogP contribution in [0.1, 0.15) is 22.3 Å². The molecule has 0 fully saturated rings. The molecule has 3 rings (SSSR count). The summed E-state index contributed by atoms with van der Waals surface area (Å²) in [6.45, 7) is 1.20. The summed E-state index contributed by atoms with van der Waals surface area (Å²) in [6, 6.07) is 10.8. The molecule has 0 bridgehead atoms. The number of anilines is 1. The fourth-order valence-electron chi connectivity index (χ4n) is 2.24. The van der Waals surface area contributed by atoms with Gasteiger partial charge in [-0.3, -0.25) is 4.79 Å². The molecule has 0 amide bonds. The molecule has 2 N–H and O–H groups in total. The number of benzene rings is 2. The van der Waals surface area contributed by atoms with Crippen LogP contribution in [0, 0.1) is 0 Å². The Labute approximate surface area is 143 Å². The van der Waals surface area contributed by atoms with Gasteiger partial charge in [0.15, 0.2) is 17.3 Å². The van der Waals surface area contributed by atoms with Gasteiger partial charge in [-0.1, -0.05) is 18.2 Å². The largest absolute Gasteiger partial charge is 0.490 e. The molecule has 5 heteroatoms. The van der Waals surface area contributed by atoms with Crippen LogP contribution in [0.5, 0.6) is 11.5 Å². The molecular formula is C18H16BrNO3. The van der Waals surface area contributed by atoms with Crippen LogP contribution >= 0.6 is 15.9 Å². The fourth-order valence-corrected chi connectivity index (χ4v) is 2.76. The van der Waals surface area contributed by atoms with Gasteiger partial charge in [0.25, 0.3) is 0 Å². The van der Waals surface area contributed by atoms with Gasteiger partial charge in [0, 0.05) is 22.1 Å². The SMILES string of the molecule is Nc1ccc(/C=C/C(=O)c2cc3c(cc2Br)OCCCO3)cc1. The zero-order chi connectivity index (χ0) is 16.2. The average molecular weight is 374 g/mol. The molecule has 1 heterocycles. The Bertz CT molecular complexity index is 754. The number of allylic oxidation sites excluding steroid dienone is 1. The molecule has 4 nitrogen and oxygen atoms in total. The molecule has 0 radical (unpaired) electrons. The molecular weight excluding hydrogens is 358 g/mol. The summed E-state index contributed by atoms with van der Waals surface area (Å²) in [5.41, 5.74) is 7.80. The van der Waals surface area contributed by atoms with Gasteiger partial charge in [0.2, 0.25) is 0 Å². The summed E-state index contributed by atoms with van der Waals surface area (Å²) >= 11 is 3.43. The number of fused-ring (bicyclic) bond motifs is 1. The van der Waals surface area contributed by atoms with E-state index in [4.69, 9.17) is 15.2 Å². The molecule has 1 aliphatic heterocycles. The topological polar surface area (TPSA) is 61.6 Å². The second kappa shape index (κ2) is 6.87. The Kier molecular flexibility index (Phi) is 4.67. The van der Waals surface area contributed by atoms with Gasteiger partial charge >= 0.3 is 0 Å². The van der Waals surface area contributed by atoms with Crippen LogP contribution in [0.15, 0.2) is 46.9 Å². The number of halogens is 1. The van der Waals surface area contributed by atoms with E-state index in [1.165, 1.54) is 6.08 Å². The lowest BCUT2D eigenvalue weighted by Gasteiger charge is -2.10. The monoisotopic (exact) mass is 373 g/mol. The lowest BCUT2D eigenvalue weighted by Crippen LogP contribution is -1.99. The molecule has 0 saturated carbocycles. The maximum atomic E-state index is 12.4. The first kappa shape index (κ1) is 15.6. The van der Waals surface area contributed by atoms with Crippen LogP contribution in [-0.2, 0) is 0 Å². The third-order valence-corrected chi connectivity index (χ3v) is 4.12. The van der Waals surface area contributed by atoms with Crippen molar-refractivity contribution < 1.29 is 14.3 Å². The lowest BCUT2D eigenvalue weighted by molar-refractivity contribution is 0.104. The minimum atomic E-state index is -0.107. The quantitative estimate of drug-likeness (QED) is 0.500. The number of ether oxygens (including phenoxy) is 2. The molecule has 0 aromatic heterocycles. The highest BCUT2D eigenvalue weighted by Crippen LogP contribution is 2.35. The van der Waals surface area contributed by atoms with Crippen LogP contribution in [0.3, 0.4) is 0 Å². The standard InChI is InChI=1S/C18H16BrNO3/c19-15-11-18-17(22-8-1-9-23-18)10-14(15)16(21)7-4-12-2-5-13(20)6-3-12/h2-7,10-11H,1,8-9,20H2/b7-4+. The smallest absolute Gasteiger partial charge is 0.187 e. The van der Waals surface area contributed by atoms with Crippen LogP contribution in [0.2, 0.25) is 0 Å². The number of ketones is 1. The Balaban J connectivity index is 1.84. The Morgan fingerprint density at radius 1 is 1.09 bits per heavy atom. The summed E-state index contributed by atoms with van der Waals surface area (Å²) in [6.07, 6.45) is 4.12. The van der Waals surface area contributed by atoms with E-state index in [0.29, 0.717) is 40.4 Å². The molecule has 0 atom stereocenters. The third kappa shape index (κ3) is 3.74. The first-order valence-corrected chi connectivity index (χ1v) is 8.10. The first-order chi connectivity index (χ1) is 11.1. The predicted octanol–water partition coefficient (Wildman–Crippen LogP) is 4.09. The van der Waals surface area contributed by atoms with Gasteiger partial charge in [-0.05, 0) is 51.8 Å². The number of rotatable bonds is 3. The summed E-state index contributed by atoms with van der Waals surface area (Å²) in [5, 5.41) is 0. The zero-order valence-electron chi connectivity index (χ0n) is 12.4. The van der Waals surface area contributed by atoms with E-state index >= 15 is 0 Å². The number of carbonyl (C=O) groups is 1. The molecule has 0 saturated heterocycles. The molecule has 2 aromatic rings. The van der Waals surface area contributed by atoms with Gasteiger partial charge in [-0.25, -0.2) is 0 Å². The van der Waals surface area contributed by atoms with Gasteiger partial charge < -0.3 is 15.2 Å². The molecule has 118 valence electrons. The number of carbonyl (C=O) groups excluding carboxylic acids is 1. The van der Waals surface area contributed by atoms with Crippen LogP contribution in [0.25, 0.3) is 6.08 Å². The van der Waals surface area contributed by atoms with Crippen molar-refractivity contribution in [1.29, 1.82) is 0 Å². The molecule has 1 aliphatic rings. The van der Waals surface area contributed by atoms with Gasteiger partial charge in [-0.15, -0.1) is 0 Å². The highest BCUT2D eigenvalue weighted by molar-refractivity contribution is 9.10. The van der Waals surface area contributed by atoms with Crippen molar-refractivity contribution in [3.8, 4) is 11.5 Å². The van der Waals surface area contributed by atoms with Crippen molar-refractivity contribution in [3.63, 3.8) is 0 Å². The molecule has 0 spiro atoms. The van der Waals surface area contributed by atoms with E-state index in [0.717, 1.165) is 12.0 Å². The van der Waals surface area contributed by atoms with Crippen LogP contribution in [-0.4, -0.2) is 19.0 Å². The summed E-state index contributed by atoms with van der Waals surface area (Å²) in [7, 11) is 0. The van der Waals surface area contributed by atoms with Crippen molar-refractivity contribution in [2.24, 2.45) is 0 Å². The van der Waals surface area contributed by atoms with Crippen molar-refractivity contribution in [2.75, 3.05) is 18.9 Å².